The molecule has 1 aromatic heterocycles. The molecular formula is C24H27FN4O4S. The zero-order valence-corrected chi connectivity index (χ0v) is 20.0. The molecule has 0 bridgehead atoms. The molecule has 0 spiro atoms. The molecule has 34 heavy (non-hydrogen) atoms. The van der Waals surface area contributed by atoms with Crippen molar-refractivity contribution in [3.63, 3.8) is 0 Å². The first-order valence-electron chi connectivity index (χ1n) is 10.8. The van der Waals surface area contributed by atoms with Gasteiger partial charge in [0.25, 0.3) is 6.02 Å². The minimum absolute atomic E-state index is 0.106. The first kappa shape index (κ1) is 23.9. The smallest absolute Gasteiger partial charge is 0.299 e. The maximum absolute atomic E-state index is 14.3. The Balaban J connectivity index is 1.64. The largest absolute Gasteiger partial charge is 0.457 e. The highest BCUT2D eigenvalue weighted by Crippen LogP contribution is 2.39. The van der Waals surface area contributed by atoms with Crippen molar-refractivity contribution < 1.29 is 22.7 Å². The van der Waals surface area contributed by atoms with Crippen LogP contribution in [0.15, 0.2) is 65.9 Å². The maximum atomic E-state index is 14.3. The molecule has 2 N–H and O–H groups in total. The summed E-state index contributed by atoms with van der Waals surface area (Å²) in [4.78, 5) is 4.33. The number of aryl methyl sites for hydroxylation is 1. The monoisotopic (exact) mass is 486 g/mol. The summed E-state index contributed by atoms with van der Waals surface area (Å²) >= 11 is 0. The van der Waals surface area contributed by atoms with Crippen LogP contribution in [-0.4, -0.2) is 41.5 Å². The lowest BCUT2D eigenvalue weighted by atomic mass is 9.96. The van der Waals surface area contributed by atoms with Gasteiger partial charge in [0.1, 0.15) is 16.7 Å². The lowest BCUT2D eigenvalue weighted by Crippen LogP contribution is -2.53. The number of aliphatic imine (C=N–C) groups is 1. The summed E-state index contributed by atoms with van der Waals surface area (Å²) in [5.41, 5.74) is 1.47. The lowest BCUT2D eigenvalue weighted by molar-refractivity contribution is 0.0758. The Kier molecular flexibility index (Phi) is 6.46. The first-order valence-corrected chi connectivity index (χ1v) is 12.4. The van der Waals surface area contributed by atoms with Crippen LogP contribution in [0.3, 0.4) is 0 Å². The van der Waals surface area contributed by atoms with Gasteiger partial charge in [-0.1, -0.05) is 42.5 Å². The van der Waals surface area contributed by atoms with E-state index in [1.54, 1.807) is 55.1 Å². The van der Waals surface area contributed by atoms with Crippen LogP contribution in [0.1, 0.15) is 42.7 Å². The highest BCUT2D eigenvalue weighted by molar-refractivity contribution is 7.90. The standard InChI is InChI=1S/C24H27FN4O4S/c1-24(2)22(17-10-8-16(9-11-17)18-14-26-29(3)15-18)34(31,32)28-23(33-24)27-21(12-13-30)19-6-4-5-7-20(19)25/h4-11,14-15,21-22,30H,12-13H2,1-3H3,(H,27,28). The molecule has 8 nitrogen and oxygen atoms in total. The number of nitrogens with zero attached hydrogens (tertiary/aromatic N) is 3. The zero-order chi connectivity index (χ0) is 24.5. The molecule has 2 unspecified atom stereocenters. The first-order chi connectivity index (χ1) is 16.1. The van der Waals surface area contributed by atoms with E-state index < -0.39 is 32.7 Å². The number of aromatic nitrogens is 2. The fourth-order valence-corrected chi connectivity index (χ4v) is 6.00. The Morgan fingerprint density at radius 1 is 1.21 bits per heavy atom. The van der Waals surface area contributed by atoms with E-state index in [1.165, 1.54) is 6.07 Å². The van der Waals surface area contributed by atoms with E-state index in [-0.39, 0.29) is 24.6 Å². The van der Waals surface area contributed by atoms with Gasteiger partial charge in [-0.25, -0.2) is 22.5 Å². The fraction of sp³-hybridized carbons (Fsp3) is 0.333. The molecule has 0 saturated carbocycles. The number of nitrogens with one attached hydrogen (secondary N) is 1. The van der Waals surface area contributed by atoms with Gasteiger partial charge in [0.2, 0.25) is 10.0 Å². The summed E-state index contributed by atoms with van der Waals surface area (Å²) in [5, 5.41) is 12.6. The summed E-state index contributed by atoms with van der Waals surface area (Å²) in [6.45, 7) is 3.09. The third-order valence-electron chi connectivity index (χ3n) is 5.72. The molecule has 0 aliphatic carbocycles. The van der Waals surface area contributed by atoms with Crippen LogP contribution in [0.2, 0.25) is 0 Å². The van der Waals surface area contributed by atoms with Gasteiger partial charge in [0, 0.05) is 31.0 Å². The van der Waals surface area contributed by atoms with Gasteiger partial charge in [-0.05, 0) is 37.5 Å². The average Bonchev–Trinajstić information content (AvgIpc) is 3.19. The Bertz CT molecular complexity index is 1300. The van der Waals surface area contributed by atoms with Crippen LogP contribution in [-0.2, 0) is 21.8 Å². The molecule has 4 rings (SSSR count). The lowest BCUT2D eigenvalue weighted by Gasteiger charge is -2.39. The van der Waals surface area contributed by atoms with Gasteiger partial charge >= 0.3 is 0 Å². The molecule has 10 heteroatoms. The minimum Gasteiger partial charge on any atom is -0.457 e. The van der Waals surface area contributed by atoms with Crippen molar-refractivity contribution in [2.45, 2.75) is 37.2 Å². The van der Waals surface area contributed by atoms with Gasteiger partial charge in [-0.2, -0.15) is 5.10 Å². The molecule has 1 saturated heterocycles. The summed E-state index contributed by atoms with van der Waals surface area (Å²) in [6.07, 6.45) is 3.72. The van der Waals surface area contributed by atoms with E-state index in [2.05, 4.69) is 14.8 Å². The second-order valence-corrected chi connectivity index (χ2v) is 10.5. The molecule has 2 heterocycles. The van der Waals surface area contributed by atoms with Crippen molar-refractivity contribution in [3.8, 4) is 11.1 Å². The average molecular weight is 487 g/mol. The van der Waals surface area contributed by atoms with Crippen LogP contribution in [0.25, 0.3) is 11.1 Å². The van der Waals surface area contributed by atoms with Crippen LogP contribution < -0.4 is 4.72 Å². The van der Waals surface area contributed by atoms with Crippen LogP contribution >= 0.6 is 0 Å². The van der Waals surface area contributed by atoms with Crippen LogP contribution in [0, 0.1) is 5.82 Å². The molecule has 0 radical (unpaired) electrons. The number of aliphatic hydroxyl groups is 1. The Labute approximate surface area is 198 Å². The van der Waals surface area contributed by atoms with Crippen molar-refractivity contribution in [2.24, 2.45) is 12.0 Å². The third kappa shape index (κ3) is 4.83. The second kappa shape index (κ2) is 9.19. The molecule has 2 aromatic carbocycles. The van der Waals surface area contributed by atoms with E-state index in [0.29, 0.717) is 5.56 Å². The fourth-order valence-electron chi connectivity index (χ4n) is 4.23. The summed E-state index contributed by atoms with van der Waals surface area (Å²) in [7, 11) is -2.11. The molecule has 1 fully saturated rings. The number of halogens is 1. The number of hydrogen-bond donors (Lipinski definition) is 2. The summed E-state index contributed by atoms with van der Waals surface area (Å²) in [6, 6.07) is 12.2. The van der Waals surface area contributed by atoms with Crippen molar-refractivity contribution in [1.29, 1.82) is 0 Å². The van der Waals surface area contributed by atoms with Crippen molar-refractivity contribution in [2.75, 3.05) is 6.61 Å². The Morgan fingerprint density at radius 2 is 1.91 bits per heavy atom. The van der Waals surface area contributed by atoms with Gasteiger partial charge in [-0.15, -0.1) is 0 Å². The van der Waals surface area contributed by atoms with E-state index in [9.17, 15) is 17.9 Å². The quantitative estimate of drug-likeness (QED) is 0.555. The summed E-state index contributed by atoms with van der Waals surface area (Å²) < 4.78 is 51.0. The van der Waals surface area contributed by atoms with Crippen molar-refractivity contribution >= 4 is 16.0 Å². The molecule has 3 aromatic rings. The van der Waals surface area contributed by atoms with E-state index in [0.717, 1.165) is 11.1 Å². The third-order valence-corrected chi connectivity index (χ3v) is 7.64. The number of sulfonamides is 1. The molecule has 1 aliphatic heterocycles. The second-order valence-electron chi connectivity index (χ2n) is 8.74. The van der Waals surface area contributed by atoms with E-state index in [4.69, 9.17) is 4.74 Å². The molecule has 0 amide bonds. The molecular weight excluding hydrogens is 459 g/mol. The molecule has 1 aliphatic rings. The summed E-state index contributed by atoms with van der Waals surface area (Å²) in [5.74, 6) is -0.491. The number of benzene rings is 2. The predicted octanol–water partition coefficient (Wildman–Crippen LogP) is 3.48. The minimum atomic E-state index is -3.94. The Hall–Kier alpha value is -3.24. The number of ether oxygens (including phenoxy) is 1. The SMILES string of the molecule is Cn1cc(-c2ccc(C3C(C)(C)OC(=NC(CCO)c4ccccc4F)NS3(=O)=O)cc2)cn1. The van der Waals surface area contributed by atoms with Crippen LogP contribution in [0.4, 0.5) is 4.39 Å². The van der Waals surface area contributed by atoms with Gasteiger partial charge in [0.15, 0.2) is 0 Å². The molecule has 180 valence electrons. The van der Waals surface area contributed by atoms with E-state index >= 15 is 0 Å². The zero-order valence-electron chi connectivity index (χ0n) is 19.1. The van der Waals surface area contributed by atoms with Gasteiger partial charge < -0.3 is 9.84 Å². The van der Waals surface area contributed by atoms with Crippen molar-refractivity contribution in [3.05, 3.63) is 77.9 Å². The Morgan fingerprint density at radius 3 is 2.50 bits per heavy atom. The van der Waals surface area contributed by atoms with Crippen LogP contribution in [0.5, 0.6) is 0 Å². The predicted molar refractivity (Wildman–Crippen MR) is 127 cm³/mol. The van der Waals surface area contributed by atoms with E-state index in [1.807, 2.05) is 25.4 Å². The number of aliphatic hydroxyl groups excluding tert-OH is 1. The van der Waals surface area contributed by atoms with Gasteiger partial charge in [-0.3, -0.25) is 4.68 Å². The highest BCUT2D eigenvalue weighted by atomic mass is 32.2. The maximum Gasteiger partial charge on any atom is 0.299 e. The number of amidine groups is 1. The normalized spacial score (nSPS) is 21.0. The number of hydrogen-bond acceptors (Lipinski definition) is 6. The molecule has 2 atom stereocenters. The highest BCUT2D eigenvalue weighted by Gasteiger charge is 2.48. The van der Waals surface area contributed by atoms with Crippen molar-refractivity contribution in [1.82, 2.24) is 14.5 Å². The topological polar surface area (TPSA) is 106 Å². The number of rotatable bonds is 6. The van der Waals surface area contributed by atoms with Gasteiger partial charge in [0.05, 0.1) is 12.2 Å².